The lowest BCUT2D eigenvalue weighted by atomic mass is 9.99. The molecule has 6 heteroatoms. The van der Waals surface area contributed by atoms with Crippen LogP contribution in [0.1, 0.15) is 37.7 Å². The van der Waals surface area contributed by atoms with Gasteiger partial charge in [-0.1, -0.05) is 20.3 Å². The van der Waals surface area contributed by atoms with E-state index in [0.29, 0.717) is 18.0 Å². The lowest BCUT2D eigenvalue weighted by Crippen LogP contribution is -2.40. The Hall–Kier alpha value is -1.82. The van der Waals surface area contributed by atoms with Crippen molar-refractivity contribution in [1.29, 1.82) is 0 Å². The van der Waals surface area contributed by atoms with E-state index in [1.165, 1.54) is 0 Å². The Bertz CT molecular complexity index is 482. The molecule has 0 aliphatic carbocycles. The Labute approximate surface area is 119 Å². The first kappa shape index (κ1) is 16.2. The Morgan fingerprint density at radius 2 is 2.10 bits per heavy atom. The zero-order chi connectivity index (χ0) is 15.3. The summed E-state index contributed by atoms with van der Waals surface area (Å²) in [6, 6.07) is 1.02. The molecule has 0 bridgehead atoms. The van der Waals surface area contributed by atoms with Gasteiger partial charge >= 0.3 is 5.97 Å². The van der Waals surface area contributed by atoms with E-state index in [2.05, 4.69) is 5.32 Å². The number of esters is 1. The number of carbonyl (C=O) groups is 2. The Kier molecular flexibility index (Phi) is 5.76. The summed E-state index contributed by atoms with van der Waals surface area (Å²) in [6.07, 6.45) is 2.49. The Morgan fingerprint density at radius 1 is 1.45 bits per heavy atom. The number of hydrogen-bond donors (Lipinski definition) is 2. The molecular formula is C14H23N3O3. The predicted octanol–water partition coefficient (Wildman–Crippen LogP) is 1.51. The molecule has 1 aromatic heterocycles. The summed E-state index contributed by atoms with van der Waals surface area (Å²) in [5, 5.41) is 2.72. The molecule has 1 rings (SSSR count). The van der Waals surface area contributed by atoms with Gasteiger partial charge in [-0.2, -0.15) is 0 Å². The van der Waals surface area contributed by atoms with E-state index >= 15 is 0 Å². The minimum absolute atomic E-state index is 0.100. The number of amides is 1. The van der Waals surface area contributed by atoms with E-state index in [-0.39, 0.29) is 11.8 Å². The van der Waals surface area contributed by atoms with Crippen LogP contribution in [-0.4, -0.2) is 29.1 Å². The van der Waals surface area contributed by atoms with Crippen LogP contribution in [0.15, 0.2) is 12.3 Å². The van der Waals surface area contributed by atoms with Crippen LogP contribution in [0.2, 0.25) is 0 Å². The smallest absolute Gasteiger partial charge is 0.355 e. The highest BCUT2D eigenvalue weighted by molar-refractivity contribution is 5.96. The minimum Gasteiger partial charge on any atom is -0.461 e. The first-order valence-corrected chi connectivity index (χ1v) is 6.80. The van der Waals surface area contributed by atoms with Crippen molar-refractivity contribution in [2.75, 3.05) is 11.9 Å². The van der Waals surface area contributed by atoms with Gasteiger partial charge in [0.05, 0.1) is 18.3 Å². The van der Waals surface area contributed by atoms with Gasteiger partial charge in [-0.05, 0) is 18.9 Å². The number of aryl methyl sites for hydroxylation is 1. The van der Waals surface area contributed by atoms with Gasteiger partial charge in [0.1, 0.15) is 5.69 Å². The normalized spacial score (nSPS) is 13.7. The fourth-order valence-electron chi connectivity index (χ4n) is 1.78. The number of nitrogens with two attached hydrogens (primary N) is 1. The molecule has 0 radical (unpaired) electrons. The van der Waals surface area contributed by atoms with Crippen LogP contribution < -0.4 is 11.1 Å². The molecule has 2 atom stereocenters. The van der Waals surface area contributed by atoms with Gasteiger partial charge in [0.2, 0.25) is 5.91 Å². The number of ether oxygens (including phenoxy) is 1. The van der Waals surface area contributed by atoms with Gasteiger partial charge in [0.15, 0.2) is 0 Å². The van der Waals surface area contributed by atoms with Crippen molar-refractivity contribution in [2.45, 2.75) is 33.2 Å². The monoisotopic (exact) mass is 281 g/mol. The lowest BCUT2D eigenvalue weighted by Gasteiger charge is -2.17. The second-order valence-corrected chi connectivity index (χ2v) is 4.85. The van der Waals surface area contributed by atoms with Crippen LogP contribution in [-0.2, 0) is 16.6 Å². The highest BCUT2D eigenvalue weighted by Gasteiger charge is 2.21. The van der Waals surface area contributed by atoms with Gasteiger partial charge < -0.3 is 20.4 Å². The molecular weight excluding hydrogens is 258 g/mol. The zero-order valence-electron chi connectivity index (χ0n) is 12.5. The van der Waals surface area contributed by atoms with Crippen LogP contribution >= 0.6 is 0 Å². The maximum absolute atomic E-state index is 12.0. The molecule has 2 unspecified atom stereocenters. The van der Waals surface area contributed by atoms with Gasteiger partial charge in [0.25, 0.3) is 0 Å². The van der Waals surface area contributed by atoms with E-state index in [1.807, 2.05) is 13.8 Å². The molecule has 0 saturated carbocycles. The Morgan fingerprint density at radius 3 is 2.65 bits per heavy atom. The first-order chi connectivity index (χ1) is 9.40. The third kappa shape index (κ3) is 3.84. The summed E-state index contributed by atoms with van der Waals surface area (Å²) in [4.78, 5) is 23.6. The predicted molar refractivity (Wildman–Crippen MR) is 77.4 cm³/mol. The van der Waals surface area contributed by atoms with Crippen molar-refractivity contribution in [3.05, 3.63) is 18.0 Å². The SMILES string of the molecule is CCOC(=O)c1cc(NC(=O)C(N)C(C)CC)cn1C. The highest BCUT2D eigenvalue weighted by Crippen LogP contribution is 2.15. The van der Waals surface area contributed by atoms with Crippen LogP contribution in [0.3, 0.4) is 0 Å². The van der Waals surface area contributed by atoms with Crippen molar-refractivity contribution in [3.63, 3.8) is 0 Å². The highest BCUT2D eigenvalue weighted by atomic mass is 16.5. The molecule has 1 aromatic rings. The second kappa shape index (κ2) is 7.09. The zero-order valence-corrected chi connectivity index (χ0v) is 12.5. The first-order valence-electron chi connectivity index (χ1n) is 6.80. The van der Waals surface area contributed by atoms with Crippen LogP contribution in [0.4, 0.5) is 5.69 Å². The van der Waals surface area contributed by atoms with Gasteiger partial charge in [0, 0.05) is 13.2 Å². The van der Waals surface area contributed by atoms with Gasteiger partial charge in [-0.25, -0.2) is 4.79 Å². The molecule has 0 aliphatic rings. The summed E-state index contributed by atoms with van der Waals surface area (Å²) in [5.74, 6) is -0.565. The molecule has 3 N–H and O–H groups in total. The fraction of sp³-hybridized carbons (Fsp3) is 0.571. The van der Waals surface area contributed by atoms with Gasteiger partial charge in [-0.15, -0.1) is 0 Å². The largest absolute Gasteiger partial charge is 0.461 e. The molecule has 112 valence electrons. The molecule has 0 saturated heterocycles. The molecule has 6 nitrogen and oxygen atoms in total. The fourth-order valence-corrected chi connectivity index (χ4v) is 1.78. The maximum atomic E-state index is 12.0. The van der Waals surface area contributed by atoms with Crippen LogP contribution in [0, 0.1) is 5.92 Å². The van der Waals surface area contributed by atoms with Crippen LogP contribution in [0.5, 0.6) is 0 Å². The molecule has 1 heterocycles. The Balaban J connectivity index is 2.77. The number of nitrogens with one attached hydrogen (secondary N) is 1. The molecule has 0 aromatic carbocycles. The second-order valence-electron chi connectivity index (χ2n) is 4.85. The lowest BCUT2D eigenvalue weighted by molar-refractivity contribution is -0.118. The standard InChI is InChI=1S/C14H23N3O3/c1-5-9(3)12(15)13(18)16-10-7-11(17(4)8-10)14(19)20-6-2/h7-9,12H,5-6,15H2,1-4H3,(H,16,18). The maximum Gasteiger partial charge on any atom is 0.355 e. The summed E-state index contributed by atoms with van der Waals surface area (Å²) in [7, 11) is 1.72. The van der Waals surface area contributed by atoms with E-state index < -0.39 is 12.0 Å². The number of nitrogens with zero attached hydrogens (tertiary/aromatic N) is 1. The number of anilines is 1. The third-order valence-corrected chi connectivity index (χ3v) is 3.32. The van der Waals surface area contributed by atoms with Crippen molar-refractivity contribution < 1.29 is 14.3 Å². The van der Waals surface area contributed by atoms with E-state index in [4.69, 9.17) is 10.5 Å². The van der Waals surface area contributed by atoms with E-state index in [1.54, 1.807) is 30.8 Å². The third-order valence-electron chi connectivity index (χ3n) is 3.32. The van der Waals surface area contributed by atoms with E-state index in [9.17, 15) is 9.59 Å². The molecule has 0 fully saturated rings. The topological polar surface area (TPSA) is 86.3 Å². The number of aromatic nitrogens is 1. The molecule has 20 heavy (non-hydrogen) atoms. The molecule has 0 aliphatic heterocycles. The quantitative estimate of drug-likeness (QED) is 0.774. The number of hydrogen-bond acceptors (Lipinski definition) is 4. The summed E-state index contributed by atoms with van der Waals surface area (Å²) in [6.45, 7) is 5.97. The molecule has 0 spiro atoms. The summed E-state index contributed by atoms with van der Waals surface area (Å²) >= 11 is 0. The van der Waals surface area contributed by atoms with E-state index in [0.717, 1.165) is 6.42 Å². The summed E-state index contributed by atoms with van der Waals surface area (Å²) in [5.41, 5.74) is 6.79. The van der Waals surface area contributed by atoms with Crippen molar-refractivity contribution in [3.8, 4) is 0 Å². The minimum atomic E-state index is -0.564. The van der Waals surface area contributed by atoms with Crippen molar-refractivity contribution in [1.82, 2.24) is 4.57 Å². The average Bonchev–Trinajstić information content (AvgIpc) is 2.78. The molecule has 1 amide bonds. The summed E-state index contributed by atoms with van der Waals surface area (Å²) < 4.78 is 6.55. The van der Waals surface area contributed by atoms with Gasteiger partial charge in [-0.3, -0.25) is 4.79 Å². The average molecular weight is 281 g/mol. The van der Waals surface area contributed by atoms with Crippen LogP contribution in [0.25, 0.3) is 0 Å². The number of rotatable bonds is 6. The van der Waals surface area contributed by atoms with Crippen molar-refractivity contribution in [2.24, 2.45) is 18.7 Å². The number of carbonyl (C=O) groups excluding carboxylic acids is 2. The van der Waals surface area contributed by atoms with Crippen molar-refractivity contribution >= 4 is 17.6 Å².